The standard InChI is InChI=1S/C26H31N3O7/c1-26(2,3)36-24(30)27-14-15-34-20-12-8-18(9-13-20)23-22(17-6-10-19(33-5)11-7-17)28-21(35-23)16-29(4)25(31)32/h6-13H,14-16H2,1-5H3,(H,27,30)(H,31,32). The highest BCUT2D eigenvalue weighted by atomic mass is 16.6. The van der Waals surface area contributed by atoms with Crippen LogP contribution in [-0.2, 0) is 11.3 Å². The second-order valence-electron chi connectivity index (χ2n) is 8.95. The molecule has 36 heavy (non-hydrogen) atoms. The zero-order chi connectivity index (χ0) is 26.3. The number of ether oxygens (including phenoxy) is 3. The van der Waals surface area contributed by atoms with E-state index in [0.717, 1.165) is 16.0 Å². The molecule has 0 aliphatic carbocycles. The van der Waals surface area contributed by atoms with Gasteiger partial charge in [0.25, 0.3) is 0 Å². The molecule has 0 saturated heterocycles. The maximum absolute atomic E-state index is 11.7. The van der Waals surface area contributed by atoms with Crippen molar-refractivity contribution in [1.82, 2.24) is 15.2 Å². The lowest BCUT2D eigenvalue weighted by atomic mass is 10.1. The lowest BCUT2D eigenvalue weighted by Crippen LogP contribution is -2.34. The molecule has 1 heterocycles. The van der Waals surface area contributed by atoms with Gasteiger partial charge >= 0.3 is 12.2 Å². The van der Waals surface area contributed by atoms with E-state index in [-0.39, 0.29) is 19.0 Å². The molecule has 2 aromatic carbocycles. The van der Waals surface area contributed by atoms with Gasteiger partial charge in [0, 0.05) is 18.2 Å². The fourth-order valence-electron chi connectivity index (χ4n) is 3.18. The van der Waals surface area contributed by atoms with Crippen LogP contribution in [0.15, 0.2) is 52.9 Å². The average Bonchev–Trinajstić information content (AvgIpc) is 3.24. The van der Waals surface area contributed by atoms with Gasteiger partial charge in [-0.15, -0.1) is 0 Å². The molecule has 192 valence electrons. The van der Waals surface area contributed by atoms with Crippen molar-refractivity contribution in [3.8, 4) is 34.1 Å². The highest BCUT2D eigenvalue weighted by molar-refractivity contribution is 5.77. The molecule has 3 aromatic rings. The molecule has 0 atom stereocenters. The highest BCUT2D eigenvalue weighted by Crippen LogP contribution is 2.34. The zero-order valence-corrected chi connectivity index (χ0v) is 21.0. The Kier molecular flexibility index (Phi) is 8.42. The third-order valence-electron chi connectivity index (χ3n) is 4.89. The first-order valence-corrected chi connectivity index (χ1v) is 11.3. The number of benzene rings is 2. The minimum atomic E-state index is -1.08. The Bertz CT molecular complexity index is 1170. The summed E-state index contributed by atoms with van der Waals surface area (Å²) >= 11 is 0. The lowest BCUT2D eigenvalue weighted by Gasteiger charge is -2.19. The third kappa shape index (κ3) is 7.39. The summed E-state index contributed by atoms with van der Waals surface area (Å²) in [7, 11) is 3.04. The van der Waals surface area contributed by atoms with E-state index in [2.05, 4.69) is 10.3 Å². The van der Waals surface area contributed by atoms with E-state index in [1.54, 1.807) is 40.0 Å². The topological polar surface area (TPSA) is 123 Å². The number of methoxy groups -OCH3 is 1. The van der Waals surface area contributed by atoms with E-state index < -0.39 is 17.8 Å². The molecule has 0 unspecified atom stereocenters. The molecule has 10 heteroatoms. The Morgan fingerprint density at radius 2 is 1.64 bits per heavy atom. The number of amides is 2. The molecule has 0 aliphatic rings. The molecule has 0 saturated carbocycles. The monoisotopic (exact) mass is 497 g/mol. The van der Waals surface area contributed by atoms with Gasteiger partial charge in [0.05, 0.1) is 13.7 Å². The van der Waals surface area contributed by atoms with Crippen molar-refractivity contribution < 1.29 is 33.3 Å². The van der Waals surface area contributed by atoms with Crippen LogP contribution in [0.1, 0.15) is 26.7 Å². The minimum absolute atomic E-state index is 0.00430. The summed E-state index contributed by atoms with van der Waals surface area (Å²) in [5.41, 5.74) is 1.57. The van der Waals surface area contributed by atoms with E-state index >= 15 is 0 Å². The molecular formula is C26H31N3O7. The fourth-order valence-corrected chi connectivity index (χ4v) is 3.18. The SMILES string of the molecule is COc1ccc(-c2nc(CN(C)C(=O)O)oc2-c2ccc(OCCNC(=O)OC(C)(C)C)cc2)cc1. The lowest BCUT2D eigenvalue weighted by molar-refractivity contribution is 0.0520. The van der Waals surface area contributed by atoms with Crippen molar-refractivity contribution in [2.75, 3.05) is 27.3 Å². The van der Waals surface area contributed by atoms with Gasteiger partial charge in [-0.3, -0.25) is 0 Å². The first-order chi connectivity index (χ1) is 17.1. The highest BCUT2D eigenvalue weighted by Gasteiger charge is 2.20. The van der Waals surface area contributed by atoms with E-state index in [1.807, 2.05) is 36.4 Å². The Morgan fingerprint density at radius 1 is 1.03 bits per heavy atom. The Morgan fingerprint density at radius 3 is 2.22 bits per heavy atom. The van der Waals surface area contributed by atoms with E-state index in [0.29, 0.717) is 29.5 Å². The second kappa shape index (κ2) is 11.5. The number of oxazole rings is 1. The Labute approximate surface area is 209 Å². The molecule has 1 aromatic heterocycles. The van der Waals surface area contributed by atoms with Crippen LogP contribution in [0.4, 0.5) is 9.59 Å². The first-order valence-electron chi connectivity index (χ1n) is 11.3. The number of rotatable bonds is 9. The summed E-state index contributed by atoms with van der Waals surface area (Å²) < 4.78 is 22.1. The van der Waals surface area contributed by atoms with Crippen molar-refractivity contribution in [2.45, 2.75) is 32.9 Å². The number of hydrogen-bond donors (Lipinski definition) is 2. The van der Waals surface area contributed by atoms with Crippen molar-refractivity contribution in [3.63, 3.8) is 0 Å². The number of hydrogen-bond acceptors (Lipinski definition) is 7. The van der Waals surface area contributed by atoms with E-state index in [1.165, 1.54) is 7.05 Å². The van der Waals surface area contributed by atoms with Crippen LogP contribution in [0.25, 0.3) is 22.6 Å². The minimum Gasteiger partial charge on any atom is -0.497 e. The molecule has 0 radical (unpaired) electrons. The number of alkyl carbamates (subject to hydrolysis) is 1. The van der Waals surface area contributed by atoms with Crippen molar-refractivity contribution in [2.24, 2.45) is 0 Å². The number of carbonyl (C=O) groups excluding carboxylic acids is 1. The summed E-state index contributed by atoms with van der Waals surface area (Å²) in [5, 5.41) is 11.9. The number of nitrogens with one attached hydrogen (secondary N) is 1. The van der Waals surface area contributed by atoms with Gasteiger partial charge in [0.15, 0.2) is 5.76 Å². The third-order valence-corrected chi connectivity index (χ3v) is 4.89. The predicted molar refractivity (Wildman–Crippen MR) is 133 cm³/mol. The summed E-state index contributed by atoms with van der Waals surface area (Å²) in [6, 6.07) is 14.6. The molecule has 0 aliphatic heterocycles. The quantitative estimate of drug-likeness (QED) is 0.395. The van der Waals surface area contributed by atoms with Crippen LogP contribution in [0.3, 0.4) is 0 Å². The largest absolute Gasteiger partial charge is 0.497 e. The van der Waals surface area contributed by atoms with Crippen LogP contribution < -0.4 is 14.8 Å². The van der Waals surface area contributed by atoms with Crippen LogP contribution in [0.5, 0.6) is 11.5 Å². The Balaban J connectivity index is 1.73. The molecular weight excluding hydrogens is 466 g/mol. The number of carboxylic acid groups (broad SMARTS) is 1. The molecule has 0 fully saturated rings. The first kappa shape index (κ1) is 26.4. The maximum atomic E-state index is 11.7. The van der Waals surface area contributed by atoms with Crippen LogP contribution in [0, 0.1) is 0 Å². The maximum Gasteiger partial charge on any atom is 0.407 e. The van der Waals surface area contributed by atoms with Gasteiger partial charge in [-0.2, -0.15) is 0 Å². The van der Waals surface area contributed by atoms with E-state index in [9.17, 15) is 14.7 Å². The Hall–Kier alpha value is -4.21. The van der Waals surface area contributed by atoms with Crippen molar-refractivity contribution in [1.29, 1.82) is 0 Å². The summed E-state index contributed by atoms with van der Waals surface area (Å²) in [6.45, 7) is 5.96. The molecule has 0 bridgehead atoms. The van der Waals surface area contributed by atoms with Crippen molar-refractivity contribution in [3.05, 3.63) is 54.4 Å². The number of nitrogens with zero attached hydrogens (tertiary/aromatic N) is 2. The smallest absolute Gasteiger partial charge is 0.407 e. The molecule has 2 N–H and O–H groups in total. The summed E-state index contributed by atoms with van der Waals surface area (Å²) in [5.74, 6) is 2.10. The second-order valence-corrected chi connectivity index (χ2v) is 8.95. The van der Waals surface area contributed by atoms with Crippen LogP contribution in [-0.4, -0.2) is 60.1 Å². The van der Waals surface area contributed by atoms with Crippen LogP contribution >= 0.6 is 0 Å². The van der Waals surface area contributed by atoms with Gasteiger partial charge in [-0.05, 0) is 69.3 Å². The molecule has 3 rings (SSSR count). The fraction of sp³-hybridized carbons (Fsp3) is 0.346. The van der Waals surface area contributed by atoms with Gasteiger partial charge in [-0.25, -0.2) is 14.6 Å². The zero-order valence-electron chi connectivity index (χ0n) is 21.0. The predicted octanol–water partition coefficient (Wildman–Crippen LogP) is 5.03. The van der Waals surface area contributed by atoms with Gasteiger partial charge in [-0.1, -0.05) is 0 Å². The molecule has 2 amide bonds. The normalized spacial score (nSPS) is 11.0. The summed E-state index contributed by atoms with van der Waals surface area (Å²) in [6.07, 6.45) is -1.58. The number of carbonyl (C=O) groups is 2. The van der Waals surface area contributed by atoms with E-state index in [4.69, 9.17) is 18.6 Å². The molecule has 0 spiro atoms. The van der Waals surface area contributed by atoms with Crippen molar-refractivity contribution >= 4 is 12.2 Å². The summed E-state index contributed by atoms with van der Waals surface area (Å²) in [4.78, 5) is 28.6. The van der Waals surface area contributed by atoms with Gasteiger partial charge in [0.1, 0.15) is 35.9 Å². The molecule has 10 nitrogen and oxygen atoms in total. The van der Waals surface area contributed by atoms with Crippen LogP contribution in [0.2, 0.25) is 0 Å². The van der Waals surface area contributed by atoms with Gasteiger partial charge in [0.2, 0.25) is 5.89 Å². The number of aromatic nitrogens is 1. The average molecular weight is 498 g/mol. The van der Waals surface area contributed by atoms with Gasteiger partial charge < -0.3 is 34.0 Å².